The van der Waals surface area contributed by atoms with Gasteiger partial charge in [0.1, 0.15) is 11.9 Å². The van der Waals surface area contributed by atoms with E-state index in [2.05, 4.69) is 10.7 Å². The van der Waals surface area contributed by atoms with Gasteiger partial charge in [-0.05, 0) is 54.6 Å². The molecule has 1 aliphatic heterocycles. The highest BCUT2D eigenvalue weighted by Gasteiger charge is 2.35. The van der Waals surface area contributed by atoms with E-state index in [1.54, 1.807) is 74.9 Å². The number of carbonyl (C=O) groups is 2. The molecule has 1 atom stereocenters. The van der Waals surface area contributed by atoms with E-state index in [1.165, 1.54) is 12.1 Å². The summed E-state index contributed by atoms with van der Waals surface area (Å²) in [5.41, 5.74) is 4.71. The minimum atomic E-state index is -0.715. The Bertz CT molecular complexity index is 1200. The van der Waals surface area contributed by atoms with E-state index in [4.69, 9.17) is 25.8 Å². The number of rotatable bonds is 6. The van der Waals surface area contributed by atoms with Crippen LogP contribution in [0.4, 0.5) is 5.69 Å². The third kappa shape index (κ3) is 4.38. The number of nitrogens with zero attached hydrogens (tertiary/aromatic N) is 1. The summed E-state index contributed by atoms with van der Waals surface area (Å²) in [5, 5.41) is 4.95. The zero-order valence-electron chi connectivity index (χ0n) is 18.2. The molecule has 4 rings (SSSR count). The summed E-state index contributed by atoms with van der Waals surface area (Å²) in [4.78, 5) is 26.4. The molecule has 33 heavy (non-hydrogen) atoms. The Morgan fingerprint density at radius 3 is 2.33 bits per heavy atom. The maximum absolute atomic E-state index is 13.4. The van der Waals surface area contributed by atoms with Crippen molar-refractivity contribution in [3.05, 3.63) is 82.4 Å². The number of nitrogens with one attached hydrogen (secondary N) is 2. The van der Waals surface area contributed by atoms with E-state index in [1.807, 2.05) is 0 Å². The summed E-state index contributed by atoms with van der Waals surface area (Å²) >= 11 is 6.12. The first-order valence-corrected chi connectivity index (χ1v) is 10.4. The fourth-order valence-electron chi connectivity index (χ4n) is 3.57. The fourth-order valence-corrected chi connectivity index (χ4v) is 3.74. The Morgan fingerprint density at radius 2 is 1.67 bits per heavy atom. The lowest BCUT2D eigenvalue weighted by molar-refractivity contribution is 0.0490. The lowest BCUT2D eigenvalue weighted by Crippen LogP contribution is -2.52. The third-order valence-corrected chi connectivity index (χ3v) is 5.51. The topological polar surface area (TPSA) is 89.1 Å². The van der Waals surface area contributed by atoms with Gasteiger partial charge in [0.25, 0.3) is 11.8 Å². The molecule has 0 aromatic heterocycles. The molecule has 0 saturated carbocycles. The summed E-state index contributed by atoms with van der Waals surface area (Å²) in [5.74, 6) is 0.794. The van der Waals surface area contributed by atoms with Gasteiger partial charge in [0, 0.05) is 21.8 Å². The van der Waals surface area contributed by atoms with Crippen LogP contribution in [0.15, 0.2) is 60.7 Å². The molecule has 0 radical (unpaired) electrons. The molecule has 0 aliphatic carbocycles. The molecule has 1 aliphatic rings. The van der Waals surface area contributed by atoms with E-state index in [0.717, 1.165) is 0 Å². The molecule has 3 aromatic rings. The molecule has 0 spiro atoms. The van der Waals surface area contributed by atoms with Crippen molar-refractivity contribution in [3.63, 3.8) is 0 Å². The van der Waals surface area contributed by atoms with Crippen LogP contribution in [0.3, 0.4) is 0 Å². The molecule has 0 fully saturated rings. The standard InChI is InChI=1S/C24H22ClN3O5/c1-31-17-8-4-14(5-9-17)23(29)27-28-22(15-6-11-20(32-2)21(12-15)33-3)26-19-10-7-16(25)13-18(19)24(28)30/h4-13,22,26H,1-3H3,(H,27,29). The molecule has 9 heteroatoms. The van der Waals surface area contributed by atoms with E-state index in [0.29, 0.717) is 44.6 Å². The molecule has 2 amide bonds. The Hall–Kier alpha value is -3.91. The lowest BCUT2D eigenvalue weighted by atomic mass is 10.0. The van der Waals surface area contributed by atoms with Crippen molar-refractivity contribution in [1.82, 2.24) is 10.4 Å². The Balaban J connectivity index is 1.73. The predicted molar refractivity (Wildman–Crippen MR) is 124 cm³/mol. The lowest BCUT2D eigenvalue weighted by Gasteiger charge is -2.38. The van der Waals surface area contributed by atoms with Gasteiger partial charge in [-0.1, -0.05) is 17.7 Å². The van der Waals surface area contributed by atoms with Crippen LogP contribution in [-0.2, 0) is 0 Å². The average Bonchev–Trinajstić information content (AvgIpc) is 2.85. The Kier molecular flexibility index (Phi) is 6.28. The van der Waals surface area contributed by atoms with Crippen molar-refractivity contribution in [2.75, 3.05) is 26.6 Å². The van der Waals surface area contributed by atoms with Gasteiger partial charge >= 0.3 is 0 Å². The minimum Gasteiger partial charge on any atom is -0.497 e. The molecular weight excluding hydrogens is 446 g/mol. The second-order valence-electron chi connectivity index (χ2n) is 7.20. The van der Waals surface area contributed by atoms with Gasteiger partial charge in [0.2, 0.25) is 0 Å². The molecule has 1 heterocycles. The van der Waals surface area contributed by atoms with Crippen molar-refractivity contribution in [2.24, 2.45) is 0 Å². The normalized spacial score (nSPS) is 14.7. The van der Waals surface area contributed by atoms with Crippen molar-refractivity contribution in [2.45, 2.75) is 6.17 Å². The maximum atomic E-state index is 13.4. The second-order valence-corrected chi connectivity index (χ2v) is 7.63. The van der Waals surface area contributed by atoms with Gasteiger partial charge in [-0.3, -0.25) is 15.0 Å². The SMILES string of the molecule is COc1ccc(C(=O)NN2C(=O)c3cc(Cl)ccc3NC2c2ccc(OC)c(OC)c2)cc1. The monoisotopic (exact) mass is 467 g/mol. The van der Waals surface area contributed by atoms with Crippen LogP contribution in [-0.4, -0.2) is 38.2 Å². The van der Waals surface area contributed by atoms with E-state index < -0.39 is 18.0 Å². The highest BCUT2D eigenvalue weighted by Crippen LogP contribution is 2.37. The van der Waals surface area contributed by atoms with Gasteiger partial charge < -0.3 is 19.5 Å². The van der Waals surface area contributed by atoms with Crippen LogP contribution in [0, 0.1) is 0 Å². The number of benzene rings is 3. The molecule has 170 valence electrons. The number of fused-ring (bicyclic) bond motifs is 1. The van der Waals surface area contributed by atoms with Crippen LogP contribution < -0.4 is 25.0 Å². The summed E-state index contributed by atoms with van der Waals surface area (Å²) < 4.78 is 15.9. The number of hydrogen-bond donors (Lipinski definition) is 2. The zero-order valence-corrected chi connectivity index (χ0v) is 19.0. The highest BCUT2D eigenvalue weighted by atomic mass is 35.5. The third-order valence-electron chi connectivity index (χ3n) is 5.28. The molecule has 1 unspecified atom stereocenters. The first-order chi connectivity index (χ1) is 15.9. The number of amides is 2. The van der Waals surface area contributed by atoms with E-state index in [9.17, 15) is 9.59 Å². The number of hydrazine groups is 1. The van der Waals surface area contributed by atoms with Crippen molar-refractivity contribution in [1.29, 1.82) is 0 Å². The fraction of sp³-hybridized carbons (Fsp3) is 0.167. The summed E-state index contributed by atoms with van der Waals surface area (Å²) in [7, 11) is 4.62. The summed E-state index contributed by atoms with van der Waals surface area (Å²) in [6, 6.07) is 16.8. The van der Waals surface area contributed by atoms with Crippen molar-refractivity contribution >= 4 is 29.1 Å². The van der Waals surface area contributed by atoms with Crippen LogP contribution in [0.1, 0.15) is 32.4 Å². The number of methoxy groups -OCH3 is 3. The van der Waals surface area contributed by atoms with E-state index in [-0.39, 0.29) is 0 Å². The largest absolute Gasteiger partial charge is 0.497 e. The van der Waals surface area contributed by atoms with Crippen LogP contribution >= 0.6 is 11.6 Å². The quantitative estimate of drug-likeness (QED) is 0.562. The number of ether oxygens (including phenoxy) is 3. The molecular formula is C24H22ClN3O5. The molecule has 8 nitrogen and oxygen atoms in total. The first kappa shape index (κ1) is 22.3. The molecule has 0 bridgehead atoms. The van der Waals surface area contributed by atoms with Crippen molar-refractivity contribution < 1.29 is 23.8 Å². The number of anilines is 1. The molecule has 0 saturated heterocycles. The number of carbonyl (C=O) groups excluding carboxylic acids is 2. The van der Waals surface area contributed by atoms with Gasteiger partial charge in [-0.15, -0.1) is 0 Å². The highest BCUT2D eigenvalue weighted by molar-refractivity contribution is 6.31. The van der Waals surface area contributed by atoms with E-state index >= 15 is 0 Å². The van der Waals surface area contributed by atoms with Gasteiger partial charge in [-0.25, -0.2) is 5.01 Å². The number of hydrogen-bond acceptors (Lipinski definition) is 6. The number of halogens is 1. The first-order valence-electron chi connectivity index (χ1n) is 10.0. The second kappa shape index (κ2) is 9.30. The predicted octanol–water partition coefficient (Wildman–Crippen LogP) is 4.28. The zero-order chi connectivity index (χ0) is 23.5. The Morgan fingerprint density at radius 1 is 0.939 bits per heavy atom. The summed E-state index contributed by atoms with van der Waals surface area (Å²) in [6.45, 7) is 0. The minimum absolute atomic E-state index is 0.342. The van der Waals surface area contributed by atoms with Gasteiger partial charge in [-0.2, -0.15) is 0 Å². The maximum Gasteiger partial charge on any atom is 0.276 e. The van der Waals surface area contributed by atoms with Crippen LogP contribution in [0.2, 0.25) is 5.02 Å². The van der Waals surface area contributed by atoms with Crippen LogP contribution in [0.25, 0.3) is 0 Å². The van der Waals surface area contributed by atoms with Gasteiger partial charge in [0.05, 0.1) is 26.9 Å². The molecule has 3 aromatic carbocycles. The average molecular weight is 468 g/mol. The molecule has 2 N–H and O–H groups in total. The summed E-state index contributed by atoms with van der Waals surface area (Å²) in [6.07, 6.45) is -0.715. The van der Waals surface area contributed by atoms with Crippen LogP contribution in [0.5, 0.6) is 17.2 Å². The van der Waals surface area contributed by atoms with Crippen molar-refractivity contribution in [3.8, 4) is 17.2 Å². The van der Waals surface area contributed by atoms with Gasteiger partial charge in [0.15, 0.2) is 11.5 Å². The Labute approximate surface area is 196 Å². The smallest absolute Gasteiger partial charge is 0.276 e.